The van der Waals surface area contributed by atoms with Crippen LogP contribution in [0.1, 0.15) is 13.8 Å². The average Bonchev–Trinajstić information content (AvgIpc) is 2.15. The Labute approximate surface area is 105 Å². The second kappa shape index (κ2) is 4.63. The minimum Gasteiger partial charge on any atom is -0.399 e. The van der Waals surface area contributed by atoms with Crippen LogP contribution in [0, 0.1) is 0 Å². The molecule has 1 aliphatic rings. The number of hydrogen-bond donors (Lipinski definition) is 1. The molecule has 2 unspecified atom stereocenters. The van der Waals surface area contributed by atoms with Crippen molar-refractivity contribution in [2.45, 2.75) is 26.1 Å². The zero-order valence-electron chi connectivity index (χ0n) is 9.61. The summed E-state index contributed by atoms with van der Waals surface area (Å²) in [7, 11) is 0. The smallest absolute Gasteiger partial charge is 0.0726 e. The number of nitrogens with two attached hydrogens (primary N) is 1. The first-order valence-electron chi connectivity index (χ1n) is 5.51. The summed E-state index contributed by atoms with van der Waals surface area (Å²) in [6, 6.07) is 5.94. The van der Waals surface area contributed by atoms with E-state index in [1.807, 2.05) is 12.1 Å². The fourth-order valence-corrected chi connectivity index (χ4v) is 2.80. The Morgan fingerprint density at radius 1 is 1.31 bits per heavy atom. The summed E-state index contributed by atoms with van der Waals surface area (Å²) in [5, 5.41) is 0. The number of nitrogens with zero attached hydrogens (tertiary/aromatic N) is 1. The van der Waals surface area contributed by atoms with E-state index in [-0.39, 0.29) is 12.2 Å². The summed E-state index contributed by atoms with van der Waals surface area (Å²) in [5.41, 5.74) is 7.71. The molecule has 0 amide bonds. The van der Waals surface area contributed by atoms with E-state index in [0.717, 1.165) is 23.2 Å². The van der Waals surface area contributed by atoms with Gasteiger partial charge in [-0.15, -0.1) is 0 Å². The molecule has 0 aromatic heterocycles. The highest BCUT2D eigenvalue weighted by Crippen LogP contribution is 2.30. The third-order valence-corrected chi connectivity index (χ3v) is 3.37. The normalized spacial score (nSPS) is 25.8. The van der Waals surface area contributed by atoms with Crippen LogP contribution in [0.2, 0.25) is 0 Å². The van der Waals surface area contributed by atoms with Gasteiger partial charge >= 0.3 is 0 Å². The number of morpholine rings is 1. The fraction of sp³-hybridized carbons (Fsp3) is 0.500. The summed E-state index contributed by atoms with van der Waals surface area (Å²) in [5.74, 6) is 0. The van der Waals surface area contributed by atoms with E-state index < -0.39 is 0 Å². The van der Waals surface area contributed by atoms with Gasteiger partial charge < -0.3 is 15.4 Å². The molecule has 0 bridgehead atoms. The van der Waals surface area contributed by atoms with Gasteiger partial charge in [-0.25, -0.2) is 0 Å². The van der Waals surface area contributed by atoms with Gasteiger partial charge in [-0.2, -0.15) is 0 Å². The number of rotatable bonds is 1. The topological polar surface area (TPSA) is 38.5 Å². The van der Waals surface area contributed by atoms with Crippen LogP contribution in [-0.2, 0) is 4.74 Å². The van der Waals surface area contributed by atoms with Crippen molar-refractivity contribution in [2.24, 2.45) is 0 Å². The molecule has 1 heterocycles. The van der Waals surface area contributed by atoms with Crippen LogP contribution in [0.15, 0.2) is 22.7 Å². The first kappa shape index (κ1) is 11.7. The molecule has 1 saturated heterocycles. The maximum Gasteiger partial charge on any atom is 0.0726 e. The van der Waals surface area contributed by atoms with E-state index in [1.165, 1.54) is 5.69 Å². The Bertz CT molecular complexity index is 373. The van der Waals surface area contributed by atoms with Gasteiger partial charge in [0.2, 0.25) is 0 Å². The predicted octanol–water partition coefficient (Wildman–Crippen LogP) is 2.64. The van der Waals surface area contributed by atoms with Crippen molar-refractivity contribution in [3.05, 3.63) is 22.7 Å². The van der Waals surface area contributed by atoms with Gasteiger partial charge in [-0.05, 0) is 48.0 Å². The molecule has 88 valence electrons. The minimum atomic E-state index is 0.271. The van der Waals surface area contributed by atoms with Crippen molar-refractivity contribution >= 4 is 27.3 Å². The van der Waals surface area contributed by atoms with Crippen LogP contribution in [0.4, 0.5) is 11.4 Å². The van der Waals surface area contributed by atoms with Crippen LogP contribution in [0.3, 0.4) is 0 Å². The van der Waals surface area contributed by atoms with Gasteiger partial charge in [0.1, 0.15) is 0 Å². The molecular formula is C12H17BrN2O. The Kier molecular flexibility index (Phi) is 3.40. The van der Waals surface area contributed by atoms with Crippen molar-refractivity contribution in [2.75, 3.05) is 23.7 Å². The van der Waals surface area contributed by atoms with Crippen LogP contribution in [-0.4, -0.2) is 25.3 Å². The molecule has 0 radical (unpaired) electrons. The van der Waals surface area contributed by atoms with E-state index in [0.29, 0.717) is 0 Å². The summed E-state index contributed by atoms with van der Waals surface area (Å²) in [6.45, 7) is 6.06. The number of ether oxygens (including phenoxy) is 1. The Morgan fingerprint density at radius 2 is 1.94 bits per heavy atom. The van der Waals surface area contributed by atoms with Gasteiger partial charge in [0.25, 0.3) is 0 Å². The third kappa shape index (κ3) is 2.50. The molecule has 3 nitrogen and oxygen atoms in total. The van der Waals surface area contributed by atoms with Crippen molar-refractivity contribution in [1.29, 1.82) is 0 Å². The molecule has 0 saturated carbocycles. The molecule has 1 fully saturated rings. The molecule has 16 heavy (non-hydrogen) atoms. The second-order valence-electron chi connectivity index (χ2n) is 4.37. The quantitative estimate of drug-likeness (QED) is 0.806. The lowest BCUT2D eigenvalue weighted by molar-refractivity contribution is -0.00525. The maximum absolute atomic E-state index is 5.74. The van der Waals surface area contributed by atoms with Crippen molar-refractivity contribution in [1.82, 2.24) is 0 Å². The van der Waals surface area contributed by atoms with E-state index in [9.17, 15) is 0 Å². The molecule has 2 N–H and O–H groups in total. The SMILES string of the molecule is CC1CN(c2ccc(N)cc2Br)CC(C)O1. The van der Waals surface area contributed by atoms with Crippen molar-refractivity contribution in [3.63, 3.8) is 0 Å². The van der Waals surface area contributed by atoms with Gasteiger partial charge in [-0.3, -0.25) is 0 Å². The zero-order valence-corrected chi connectivity index (χ0v) is 11.2. The highest BCUT2D eigenvalue weighted by atomic mass is 79.9. The number of halogens is 1. The second-order valence-corrected chi connectivity index (χ2v) is 5.23. The lowest BCUT2D eigenvalue weighted by atomic mass is 10.2. The summed E-state index contributed by atoms with van der Waals surface area (Å²) in [6.07, 6.45) is 0.543. The molecule has 2 atom stereocenters. The molecule has 0 aliphatic carbocycles. The maximum atomic E-state index is 5.74. The average molecular weight is 285 g/mol. The molecule has 0 spiro atoms. The van der Waals surface area contributed by atoms with Crippen molar-refractivity contribution in [3.8, 4) is 0 Å². The highest BCUT2D eigenvalue weighted by molar-refractivity contribution is 9.10. The summed E-state index contributed by atoms with van der Waals surface area (Å²) in [4.78, 5) is 2.34. The van der Waals surface area contributed by atoms with Crippen LogP contribution >= 0.6 is 15.9 Å². The van der Waals surface area contributed by atoms with E-state index >= 15 is 0 Å². The van der Waals surface area contributed by atoms with Gasteiger partial charge in [0.05, 0.1) is 17.9 Å². The highest BCUT2D eigenvalue weighted by Gasteiger charge is 2.23. The lowest BCUT2D eigenvalue weighted by Crippen LogP contribution is -2.45. The fourth-order valence-electron chi connectivity index (χ4n) is 2.15. The Hall–Kier alpha value is -0.740. The summed E-state index contributed by atoms with van der Waals surface area (Å²) < 4.78 is 6.77. The van der Waals surface area contributed by atoms with Gasteiger partial charge in [0, 0.05) is 23.2 Å². The molecule has 1 aliphatic heterocycles. The van der Waals surface area contributed by atoms with Crippen LogP contribution in [0.25, 0.3) is 0 Å². The van der Waals surface area contributed by atoms with Crippen molar-refractivity contribution < 1.29 is 4.74 Å². The predicted molar refractivity (Wildman–Crippen MR) is 70.8 cm³/mol. The Morgan fingerprint density at radius 3 is 2.50 bits per heavy atom. The summed E-state index contributed by atoms with van der Waals surface area (Å²) >= 11 is 3.56. The number of hydrogen-bond acceptors (Lipinski definition) is 3. The third-order valence-electron chi connectivity index (χ3n) is 2.73. The molecule has 2 rings (SSSR count). The number of anilines is 2. The molecular weight excluding hydrogens is 268 g/mol. The zero-order chi connectivity index (χ0) is 11.7. The van der Waals surface area contributed by atoms with Gasteiger partial charge in [0.15, 0.2) is 0 Å². The Balaban J connectivity index is 2.23. The molecule has 1 aromatic rings. The lowest BCUT2D eigenvalue weighted by Gasteiger charge is -2.37. The largest absolute Gasteiger partial charge is 0.399 e. The minimum absolute atomic E-state index is 0.271. The van der Waals surface area contributed by atoms with Crippen LogP contribution < -0.4 is 10.6 Å². The van der Waals surface area contributed by atoms with E-state index in [4.69, 9.17) is 10.5 Å². The van der Waals surface area contributed by atoms with E-state index in [2.05, 4.69) is 40.7 Å². The number of nitrogen functional groups attached to an aromatic ring is 1. The number of benzene rings is 1. The van der Waals surface area contributed by atoms with E-state index in [1.54, 1.807) is 0 Å². The molecule has 4 heteroatoms. The monoisotopic (exact) mass is 284 g/mol. The van der Waals surface area contributed by atoms with Gasteiger partial charge in [-0.1, -0.05) is 0 Å². The van der Waals surface area contributed by atoms with Crippen LogP contribution in [0.5, 0.6) is 0 Å². The molecule has 1 aromatic carbocycles. The standard InChI is InChI=1S/C12H17BrN2O/c1-8-6-15(7-9(2)16-8)12-4-3-10(14)5-11(12)13/h3-5,8-9H,6-7,14H2,1-2H3. The first-order valence-corrected chi connectivity index (χ1v) is 6.31. The first-order chi connectivity index (χ1) is 7.56.